The molecule has 5 N–H and O–H groups in total. The quantitative estimate of drug-likeness (QED) is 0.296. The van der Waals surface area contributed by atoms with Crippen LogP contribution < -0.4 is 16.4 Å². The van der Waals surface area contributed by atoms with Crippen LogP contribution in [0.25, 0.3) is 0 Å². The molecule has 1 heterocycles. The van der Waals surface area contributed by atoms with E-state index in [0.29, 0.717) is 25.1 Å². The zero-order chi connectivity index (χ0) is 22.4. The summed E-state index contributed by atoms with van der Waals surface area (Å²) in [6.45, 7) is 4.38. The van der Waals surface area contributed by atoms with E-state index in [0.717, 1.165) is 11.1 Å². The SMILES string of the molecule is CC(=O)OC(C)CC1CN[C@H](C(=O)NCc2ccc(C(=N)N)cc2)C1c1ccccc1. The van der Waals surface area contributed by atoms with Crippen LogP contribution in [0.5, 0.6) is 0 Å². The predicted molar refractivity (Wildman–Crippen MR) is 120 cm³/mol. The molecule has 1 amide bonds. The third kappa shape index (κ3) is 5.92. The Morgan fingerprint density at radius 2 is 1.87 bits per heavy atom. The van der Waals surface area contributed by atoms with E-state index in [4.69, 9.17) is 15.9 Å². The Labute approximate surface area is 182 Å². The van der Waals surface area contributed by atoms with Crippen molar-refractivity contribution < 1.29 is 14.3 Å². The largest absolute Gasteiger partial charge is 0.463 e. The zero-order valence-corrected chi connectivity index (χ0v) is 17.9. The Balaban J connectivity index is 1.69. The number of esters is 1. The maximum Gasteiger partial charge on any atom is 0.302 e. The van der Waals surface area contributed by atoms with Gasteiger partial charge in [-0.05, 0) is 36.9 Å². The van der Waals surface area contributed by atoms with Crippen molar-refractivity contribution in [2.75, 3.05) is 6.54 Å². The number of rotatable bonds is 8. The number of amides is 1. The Hall–Kier alpha value is -3.19. The van der Waals surface area contributed by atoms with Crippen molar-refractivity contribution in [3.63, 3.8) is 0 Å². The van der Waals surface area contributed by atoms with Gasteiger partial charge in [0.15, 0.2) is 0 Å². The first kappa shape index (κ1) is 22.5. The first-order valence-corrected chi connectivity index (χ1v) is 10.5. The lowest BCUT2D eigenvalue weighted by Gasteiger charge is -2.26. The summed E-state index contributed by atoms with van der Waals surface area (Å²) in [5.74, 6) is -0.181. The summed E-state index contributed by atoms with van der Waals surface area (Å²) in [7, 11) is 0. The van der Waals surface area contributed by atoms with Crippen LogP contribution in [0.2, 0.25) is 0 Å². The van der Waals surface area contributed by atoms with E-state index in [1.165, 1.54) is 6.92 Å². The van der Waals surface area contributed by atoms with Gasteiger partial charge in [-0.25, -0.2) is 0 Å². The summed E-state index contributed by atoms with van der Waals surface area (Å²) in [6.07, 6.45) is 0.472. The molecule has 1 saturated heterocycles. The zero-order valence-electron chi connectivity index (χ0n) is 17.9. The minimum atomic E-state index is -0.367. The van der Waals surface area contributed by atoms with Gasteiger partial charge in [0, 0.05) is 24.9 Å². The first-order chi connectivity index (χ1) is 14.8. The van der Waals surface area contributed by atoms with Crippen LogP contribution in [0.3, 0.4) is 0 Å². The van der Waals surface area contributed by atoms with E-state index in [-0.39, 0.29) is 41.7 Å². The minimum Gasteiger partial charge on any atom is -0.463 e. The van der Waals surface area contributed by atoms with Gasteiger partial charge in [-0.1, -0.05) is 54.6 Å². The van der Waals surface area contributed by atoms with Gasteiger partial charge in [0.2, 0.25) is 5.91 Å². The van der Waals surface area contributed by atoms with Gasteiger partial charge in [-0.2, -0.15) is 0 Å². The molecule has 164 valence electrons. The number of hydrogen-bond donors (Lipinski definition) is 4. The van der Waals surface area contributed by atoms with Gasteiger partial charge in [-0.15, -0.1) is 0 Å². The van der Waals surface area contributed by atoms with Crippen LogP contribution in [0.1, 0.15) is 42.9 Å². The molecule has 3 unspecified atom stereocenters. The van der Waals surface area contributed by atoms with Crippen LogP contribution in [0.4, 0.5) is 0 Å². The molecule has 0 spiro atoms. The van der Waals surface area contributed by atoms with E-state index < -0.39 is 0 Å². The fourth-order valence-electron chi connectivity index (χ4n) is 4.29. The van der Waals surface area contributed by atoms with Gasteiger partial charge in [0.1, 0.15) is 5.84 Å². The van der Waals surface area contributed by atoms with E-state index >= 15 is 0 Å². The number of nitrogens with two attached hydrogens (primary N) is 1. The van der Waals surface area contributed by atoms with E-state index in [2.05, 4.69) is 10.6 Å². The molecule has 0 aromatic heterocycles. The molecule has 0 aliphatic carbocycles. The molecule has 0 radical (unpaired) electrons. The lowest BCUT2D eigenvalue weighted by molar-refractivity contribution is -0.146. The molecule has 7 heteroatoms. The topological polar surface area (TPSA) is 117 Å². The molecule has 1 aliphatic rings. The number of carbonyl (C=O) groups is 2. The lowest BCUT2D eigenvalue weighted by Crippen LogP contribution is -2.43. The van der Waals surface area contributed by atoms with Crippen molar-refractivity contribution in [1.29, 1.82) is 5.41 Å². The molecule has 31 heavy (non-hydrogen) atoms. The molecule has 3 rings (SSSR count). The summed E-state index contributed by atoms with van der Waals surface area (Å²) in [6, 6.07) is 16.9. The standard InChI is InChI=1S/C24H30N4O3/c1-15(31-16(2)29)12-20-14-27-22(21(20)18-6-4-3-5-7-18)24(30)28-13-17-8-10-19(11-9-17)23(25)26/h3-11,15,20-22,27H,12-14H2,1-2H3,(H3,25,26)(H,28,30)/t15?,20?,21?,22-/m0/s1. The molecular formula is C24H30N4O3. The lowest BCUT2D eigenvalue weighted by atomic mass is 9.81. The average Bonchev–Trinajstić information content (AvgIpc) is 3.15. The van der Waals surface area contributed by atoms with Gasteiger partial charge in [0.05, 0.1) is 12.1 Å². The maximum atomic E-state index is 13.1. The Bertz CT molecular complexity index is 914. The number of nitrogen functional groups attached to an aromatic ring is 1. The normalized spacial score (nSPS) is 21.3. The first-order valence-electron chi connectivity index (χ1n) is 10.5. The van der Waals surface area contributed by atoms with Crippen molar-refractivity contribution >= 4 is 17.7 Å². The number of amidine groups is 1. The molecule has 2 aromatic carbocycles. The predicted octanol–water partition coefficient (Wildman–Crippen LogP) is 2.30. The fraction of sp³-hybridized carbons (Fsp3) is 0.375. The fourth-order valence-corrected chi connectivity index (χ4v) is 4.29. The molecule has 1 fully saturated rings. The highest BCUT2D eigenvalue weighted by atomic mass is 16.5. The molecule has 2 aromatic rings. The van der Waals surface area contributed by atoms with E-state index in [9.17, 15) is 9.59 Å². The summed E-state index contributed by atoms with van der Waals surface area (Å²) < 4.78 is 5.33. The van der Waals surface area contributed by atoms with E-state index in [1.807, 2.05) is 49.4 Å². The highest BCUT2D eigenvalue weighted by molar-refractivity contribution is 5.94. The van der Waals surface area contributed by atoms with Gasteiger partial charge in [0.25, 0.3) is 0 Å². The molecule has 7 nitrogen and oxygen atoms in total. The van der Waals surface area contributed by atoms with Gasteiger partial charge in [-0.3, -0.25) is 15.0 Å². The molecule has 0 bridgehead atoms. The van der Waals surface area contributed by atoms with Crippen molar-refractivity contribution in [3.05, 3.63) is 71.3 Å². The van der Waals surface area contributed by atoms with Gasteiger partial charge >= 0.3 is 5.97 Å². The molecular weight excluding hydrogens is 392 g/mol. The Morgan fingerprint density at radius 3 is 2.48 bits per heavy atom. The van der Waals surface area contributed by atoms with Gasteiger partial charge < -0.3 is 21.1 Å². The second-order valence-electron chi connectivity index (χ2n) is 8.07. The van der Waals surface area contributed by atoms with Crippen LogP contribution in [-0.4, -0.2) is 36.4 Å². The van der Waals surface area contributed by atoms with Crippen LogP contribution in [0, 0.1) is 11.3 Å². The summed E-state index contributed by atoms with van der Waals surface area (Å²) in [5, 5.41) is 13.9. The monoisotopic (exact) mass is 422 g/mol. The summed E-state index contributed by atoms with van der Waals surface area (Å²) >= 11 is 0. The van der Waals surface area contributed by atoms with Crippen molar-refractivity contribution in [2.45, 2.75) is 44.9 Å². The summed E-state index contributed by atoms with van der Waals surface area (Å²) in [4.78, 5) is 24.4. The molecule has 0 saturated carbocycles. The third-order valence-electron chi connectivity index (χ3n) is 5.67. The number of benzene rings is 2. The van der Waals surface area contributed by atoms with Crippen LogP contribution in [0.15, 0.2) is 54.6 Å². The second kappa shape index (κ2) is 10.2. The second-order valence-corrected chi connectivity index (χ2v) is 8.07. The highest BCUT2D eigenvalue weighted by Gasteiger charge is 2.41. The number of ether oxygens (including phenoxy) is 1. The van der Waals surface area contributed by atoms with Crippen LogP contribution in [-0.2, 0) is 20.9 Å². The number of nitrogens with one attached hydrogen (secondary N) is 3. The number of hydrogen-bond acceptors (Lipinski definition) is 5. The molecule has 4 atom stereocenters. The Kier molecular flexibility index (Phi) is 7.41. The minimum absolute atomic E-state index is 0.0145. The third-order valence-corrected chi connectivity index (χ3v) is 5.67. The van der Waals surface area contributed by atoms with Crippen molar-refractivity contribution in [3.8, 4) is 0 Å². The van der Waals surface area contributed by atoms with Crippen molar-refractivity contribution in [1.82, 2.24) is 10.6 Å². The summed E-state index contributed by atoms with van der Waals surface area (Å²) in [5.41, 5.74) is 8.18. The smallest absolute Gasteiger partial charge is 0.302 e. The molecule has 1 aliphatic heterocycles. The maximum absolute atomic E-state index is 13.1. The van der Waals surface area contributed by atoms with Crippen molar-refractivity contribution in [2.24, 2.45) is 11.7 Å². The average molecular weight is 423 g/mol. The Morgan fingerprint density at radius 1 is 1.19 bits per heavy atom. The van der Waals surface area contributed by atoms with Crippen LogP contribution >= 0.6 is 0 Å². The highest BCUT2D eigenvalue weighted by Crippen LogP contribution is 2.36. The number of carbonyl (C=O) groups excluding carboxylic acids is 2. The van der Waals surface area contributed by atoms with E-state index in [1.54, 1.807) is 12.1 Å².